The lowest BCUT2D eigenvalue weighted by molar-refractivity contribution is 0.0505. The van der Waals surface area contributed by atoms with E-state index in [9.17, 15) is 13.2 Å². The summed E-state index contributed by atoms with van der Waals surface area (Å²) < 4.78 is 34.8. The van der Waals surface area contributed by atoms with Gasteiger partial charge in [-0.25, -0.2) is 13.2 Å². The highest BCUT2D eigenvalue weighted by molar-refractivity contribution is 7.92. The van der Waals surface area contributed by atoms with E-state index in [-0.39, 0.29) is 11.8 Å². The summed E-state index contributed by atoms with van der Waals surface area (Å²) in [5.41, 5.74) is 3.58. The molecule has 170 valence electrons. The summed E-state index contributed by atoms with van der Waals surface area (Å²) in [4.78, 5) is 12.3. The SMILES string of the molecule is CCCOC(=O)c1ccc(NS(=O)(=O)c2c(C(C)C)cc(C(C)C)cc2C(C)C)cc1. The van der Waals surface area contributed by atoms with Crippen LogP contribution in [0.5, 0.6) is 0 Å². The van der Waals surface area contributed by atoms with Crippen LogP contribution in [0.3, 0.4) is 0 Å². The topological polar surface area (TPSA) is 72.5 Å². The first-order valence-corrected chi connectivity index (χ1v) is 12.4. The van der Waals surface area contributed by atoms with Gasteiger partial charge in [-0.1, -0.05) is 60.6 Å². The summed E-state index contributed by atoms with van der Waals surface area (Å²) in [7, 11) is -3.82. The number of sulfonamides is 1. The van der Waals surface area contributed by atoms with Crippen LogP contribution in [0.4, 0.5) is 5.69 Å². The van der Waals surface area contributed by atoms with Crippen LogP contribution >= 0.6 is 0 Å². The minimum absolute atomic E-state index is 0.0542. The number of hydrogen-bond acceptors (Lipinski definition) is 4. The van der Waals surface area contributed by atoms with Crippen LogP contribution < -0.4 is 4.72 Å². The highest BCUT2D eigenvalue weighted by atomic mass is 32.2. The standard InChI is InChI=1S/C25H35NO4S/c1-8-13-30-25(27)19-9-11-21(12-10-19)26-31(28,29)24-22(17(4)5)14-20(16(2)3)15-23(24)18(6)7/h9-12,14-18,26H,8,13H2,1-7H3. The number of esters is 1. The van der Waals surface area contributed by atoms with E-state index < -0.39 is 16.0 Å². The van der Waals surface area contributed by atoms with Crippen LogP contribution in [0.2, 0.25) is 0 Å². The Balaban J connectivity index is 2.46. The number of hydrogen-bond donors (Lipinski definition) is 1. The van der Waals surface area contributed by atoms with E-state index in [4.69, 9.17) is 4.74 Å². The number of carbonyl (C=O) groups excluding carboxylic acids is 1. The number of ether oxygens (including phenoxy) is 1. The second-order valence-electron chi connectivity index (χ2n) is 8.81. The minimum Gasteiger partial charge on any atom is -0.462 e. The highest BCUT2D eigenvalue weighted by Gasteiger charge is 2.27. The lowest BCUT2D eigenvalue weighted by Gasteiger charge is -2.23. The molecule has 0 aromatic heterocycles. The predicted octanol–water partition coefficient (Wildman–Crippen LogP) is 6.42. The summed E-state index contributed by atoms with van der Waals surface area (Å²) in [5.74, 6) is 0.00131. The summed E-state index contributed by atoms with van der Waals surface area (Å²) in [6.45, 7) is 14.6. The molecule has 0 heterocycles. The molecule has 2 aromatic carbocycles. The van der Waals surface area contributed by atoms with Crippen LogP contribution in [0.15, 0.2) is 41.3 Å². The van der Waals surface area contributed by atoms with E-state index in [0.29, 0.717) is 28.7 Å². The Labute approximate surface area is 187 Å². The molecule has 2 rings (SSSR count). The van der Waals surface area contributed by atoms with Crippen molar-refractivity contribution in [2.45, 2.75) is 77.5 Å². The maximum absolute atomic E-state index is 13.5. The van der Waals surface area contributed by atoms with E-state index in [1.54, 1.807) is 24.3 Å². The molecule has 0 amide bonds. The molecule has 0 spiro atoms. The van der Waals surface area contributed by atoms with Gasteiger partial charge in [0.05, 0.1) is 17.1 Å². The number of carbonyl (C=O) groups is 1. The molecule has 31 heavy (non-hydrogen) atoms. The second kappa shape index (κ2) is 10.3. The van der Waals surface area contributed by atoms with Gasteiger partial charge in [0, 0.05) is 5.69 Å². The first kappa shape index (κ1) is 24.9. The number of anilines is 1. The molecule has 0 aliphatic rings. The van der Waals surface area contributed by atoms with Crippen molar-refractivity contribution < 1.29 is 17.9 Å². The Morgan fingerprint density at radius 3 is 1.84 bits per heavy atom. The Morgan fingerprint density at radius 1 is 0.903 bits per heavy atom. The molecule has 0 aliphatic heterocycles. The second-order valence-corrected chi connectivity index (χ2v) is 10.4. The summed E-state index contributed by atoms with van der Waals surface area (Å²) >= 11 is 0. The third kappa shape index (κ3) is 6.10. The fourth-order valence-corrected chi connectivity index (χ4v) is 5.12. The molecule has 0 bridgehead atoms. The van der Waals surface area contributed by atoms with E-state index in [0.717, 1.165) is 23.1 Å². The van der Waals surface area contributed by atoms with Gasteiger partial charge in [0.1, 0.15) is 0 Å². The normalized spacial score (nSPS) is 11.9. The van der Waals surface area contributed by atoms with Gasteiger partial charge < -0.3 is 4.74 Å². The summed E-state index contributed by atoms with van der Waals surface area (Å²) in [6, 6.07) is 10.4. The number of nitrogens with one attached hydrogen (secondary N) is 1. The third-order valence-corrected chi connectivity index (χ3v) is 6.67. The Kier molecular flexibility index (Phi) is 8.29. The molecule has 0 saturated heterocycles. The zero-order chi connectivity index (χ0) is 23.3. The fourth-order valence-electron chi connectivity index (χ4n) is 3.36. The van der Waals surface area contributed by atoms with Gasteiger partial charge in [0.2, 0.25) is 0 Å². The van der Waals surface area contributed by atoms with Gasteiger partial charge in [0.25, 0.3) is 10.0 Å². The maximum Gasteiger partial charge on any atom is 0.338 e. The van der Waals surface area contributed by atoms with Crippen LogP contribution in [-0.4, -0.2) is 21.0 Å². The number of benzene rings is 2. The van der Waals surface area contributed by atoms with Gasteiger partial charge in [-0.2, -0.15) is 0 Å². The third-order valence-electron chi connectivity index (χ3n) is 5.16. The van der Waals surface area contributed by atoms with Crippen molar-refractivity contribution >= 4 is 21.7 Å². The van der Waals surface area contributed by atoms with Crippen molar-refractivity contribution in [1.29, 1.82) is 0 Å². The van der Waals surface area contributed by atoms with Gasteiger partial charge >= 0.3 is 5.97 Å². The average Bonchev–Trinajstić information content (AvgIpc) is 2.71. The van der Waals surface area contributed by atoms with Crippen LogP contribution in [-0.2, 0) is 14.8 Å². The Bertz CT molecular complexity index is 977. The summed E-state index contributed by atoms with van der Waals surface area (Å²) in [5, 5.41) is 0. The molecule has 0 unspecified atom stereocenters. The monoisotopic (exact) mass is 445 g/mol. The first-order chi connectivity index (χ1) is 14.5. The lowest BCUT2D eigenvalue weighted by Crippen LogP contribution is -2.19. The Hall–Kier alpha value is -2.34. The van der Waals surface area contributed by atoms with Crippen molar-refractivity contribution in [2.24, 2.45) is 0 Å². The van der Waals surface area contributed by atoms with Crippen molar-refractivity contribution in [1.82, 2.24) is 0 Å². The zero-order valence-corrected chi connectivity index (χ0v) is 20.5. The molecule has 0 atom stereocenters. The molecule has 0 saturated carbocycles. The molecule has 0 fully saturated rings. The lowest BCUT2D eigenvalue weighted by atomic mass is 9.89. The smallest absolute Gasteiger partial charge is 0.338 e. The van der Waals surface area contributed by atoms with E-state index in [1.165, 1.54) is 0 Å². The van der Waals surface area contributed by atoms with E-state index >= 15 is 0 Å². The molecule has 6 heteroatoms. The molecular formula is C25H35NO4S. The van der Waals surface area contributed by atoms with Gasteiger partial charge in [0.15, 0.2) is 0 Å². The van der Waals surface area contributed by atoms with Gasteiger partial charge in [-0.3, -0.25) is 4.72 Å². The fraction of sp³-hybridized carbons (Fsp3) is 0.480. The molecule has 1 N–H and O–H groups in total. The van der Waals surface area contributed by atoms with Crippen molar-refractivity contribution in [3.8, 4) is 0 Å². The minimum atomic E-state index is -3.82. The molecule has 0 radical (unpaired) electrons. The van der Waals surface area contributed by atoms with Crippen molar-refractivity contribution in [3.05, 3.63) is 58.7 Å². The predicted molar refractivity (Wildman–Crippen MR) is 127 cm³/mol. The van der Waals surface area contributed by atoms with Crippen LogP contribution in [0.25, 0.3) is 0 Å². The maximum atomic E-state index is 13.5. The Morgan fingerprint density at radius 2 is 1.42 bits per heavy atom. The zero-order valence-electron chi connectivity index (χ0n) is 19.7. The highest BCUT2D eigenvalue weighted by Crippen LogP contribution is 2.36. The molecule has 2 aromatic rings. The van der Waals surface area contributed by atoms with E-state index in [1.807, 2.05) is 46.8 Å². The average molecular weight is 446 g/mol. The number of rotatable bonds is 9. The first-order valence-electron chi connectivity index (χ1n) is 11.0. The molecule has 5 nitrogen and oxygen atoms in total. The molecule has 0 aliphatic carbocycles. The quantitative estimate of drug-likeness (QED) is 0.452. The van der Waals surface area contributed by atoms with Crippen LogP contribution in [0.1, 0.15) is 99.7 Å². The summed E-state index contributed by atoms with van der Waals surface area (Å²) in [6.07, 6.45) is 0.746. The van der Waals surface area contributed by atoms with Gasteiger partial charge in [-0.05, 0) is 65.1 Å². The van der Waals surface area contributed by atoms with Crippen molar-refractivity contribution in [2.75, 3.05) is 11.3 Å². The van der Waals surface area contributed by atoms with Crippen LogP contribution in [0, 0.1) is 0 Å². The van der Waals surface area contributed by atoms with Gasteiger partial charge in [-0.15, -0.1) is 0 Å². The molecular weight excluding hydrogens is 410 g/mol. The largest absolute Gasteiger partial charge is 0.462 e. The van der Waals surface area contributed by atoms with Crippen molar-refractivity contribution in [3.63, 3.8) is 0 Å². The van der Waals surface area contributed by atoms with E-state index in [2.05, 4.69) is 18.6 Å².